The predicted molar refractivity (Wildman–Crippen MR) is 80.5 cm³/mol. The van der Waals surface area contributed by atoms with Crippen molar-refractivity contribution in [2.75, 3.05) is 0 Å². The van der Waals surface area contributed by atoms with Gasteiger partial charge in [-0.2, -0.15) is 0 Å². The zero-order chi connectivity index (χ0) is 16.3. The van der Waals surface area contributed by atoms with Crippen LogP contribution in [0.15, 0.2) is 35.4 Å². The van der Waals surface area contributed by atoms with Crippen LogP contribution in [0.4, 0.5) is 4.39 Å². The number of hydrogen-bond donors (Lipinski definition) is 2. The molecular formula is C17H20FNO3. The van der Waals surface area contributed by atoms with Crippen molar-refractivity contribution in [3.05, 3.63) is 46.8 Å². The number of carboxylic acids is 1. The number of halogens is 1. The Kier molecular flexibility index (Phi) is 4.96. The van der Waals surface area contributed by atoms with Gasteiger partial charge in [-0.3, -0.25) is 9.59 Å². The molecule has 22 heavy (non-hydrogen) atoms. The number of allylic oxidation sites excluding steroid dienone is 2. The number of aliphatic carboxylic acids is 1. The summed E-state index contributed by atoms with van der Waals surface area (Å²) in [6, 6.07) is 6.21. The van der Waals surface area contributed by atoms with Crippen LogP contribution >= 0.6 is 0 Å². The van der Waals surface area contributed by atoms with Crippen molar-refractivity contribution >= 4 is 11.9 Å². The van der Waals surface area contributed by atoms with Gasteiger partial charge in [0.25, 0.3) is 0 Å². The lowest BCUT2D eigenvalue weighted by molar-refractivity contribution is -0.147. The first-order valence-corrected chi connectivity index (χ1v) is 7.29. The van der Waals surface area contributed by atoms with Crippen molar-refractivity contribution in [2.24, 2.45) is 11.8 Å². The molecule has 0 aromatic heterocycles. The molecule has 0 radical (unpaired) electrons. The van der Waals surface area contributed by atoms with Gasteiger partial charge in [-0.05, 0) is 32.8 Å². The molecule has 2 rings (SSSR count). The largest absolute Gasteiger partial charge is 0.481 e. The zero-order valence-electron chi connectivity index (χ0n) is 12.7. The molecule has 118 valence electrons. The van der Waals surface area contributed by atoms with Crippen LogP contribution in [0.5, 0.6) is 0 Å². The Morgan fingerprint density at radius 2 is 1.77 bits per heavy atom. The first-order chi connectivity index (χ1) is 10.4. The van der Waals surface area contributed by atoms with Gasteiger partial charge in [0.2, 0.25) is 5.91 Å². The second-order valence-corrected chi connectivity index (χ2v) is 5.83. The van der Waals surface area contributed by atoms with E-state index in [2.05, 4.69) is 5.32 Å². The number of carboxylic acid groups (broad SMARTS) is 1. The van der Waals surface area contributed by atoms with Crippen LogP contribution in [0, 0.1) is 17.7 Å². The molecule has 0 aliphatic heterocycles. The number of carbonyl (C=O) groups is 2. The van der Waals surface area contributed by atoms with Crippen LogP contribution in [-0.4, -0.2) is 17.0 Å². The van der Waals surface area contributed by atoms with Gasteiger partial charge in [0.15, 0.2) is 0 Å². The van der Waals surface area contributed by atoms with Crippen molar-refractivity contribution in [1.82, 2.24) is 5.32 Å². The van der Waals surface area contributed by atoms with Gasteiger partial charge in [-0.15, -0.1) is 0 Å². The summed E-state index contributed by atoms with van der Waals surface area (Å²) in [4.78, 5) is 23.7. The molecular weight excluding hydrogens is 285 g/mol. The predicted octanol–water partition coefficient (Wildman–Crippen LogP) is 2.89. The smallest absolute Gasteiger partial charge is 0.307 e. The minimum Gasteiger partial charge on any atom is -0.481 e. The highest BCUT2D eigenvalue weighted by molar-refractivity contribution is 5.85. The van der Waals surface area contributed by atoms with Gasteiger partial charge in [0.1, 0.15) is 5.82 Å². The van der Waals surface area contributed by atoms with E-state index < -0.39 is 17.8 Å². The molecule has 1 aromatic carbocycles. The Balaban J connectivity index is 2.07. The van der Waals surface area contributed by atoms with E-state index in [0.29, 0.717) is 18.4 Å². The maximum absolute atomic E-state index is 13.5. The SMILES string of the molecule is CC1=C(C)C[C@H](C(=O)NCc2ccccc2F)[C@@H](C(=O)O)C1. The average molecular weight is 305 g/mol. The summed E-state index contributed by atoms with van der Waals surface area (Å²) < 4.78 is 13.5. The molecule has 1 aromatic rings. The molecule has 5 heteroatoms. The minimum absolute atomic E-state index is 0.0656. The topological polar surface area (TPSA) is 66.4 Å². The fourth-order valence-corrected chi connectivity index (χ4v) is 2.78. The molecule has 2 atom stereocenters. The number of amides is 1. The van der Waals surface area contributed by atoms with Gasteiger partial charge in [-0.1, -0.05) is 29.3 Å². The number of carbonyl (C=O) groups excluding carboxylic acids is 1. The second kappa shape index (κ2) is 6.73. The Morgan fingerprint density at radius 3 is 2.36 bits per heavy atom. The molecule has 4 nitrogen and oxygen atoms in total. The molecule has 0 bridgehead atoms. The van der Waals surface area contributed by atoms with E-state index in [1.165, 1.54) is 6.07 Å². The highest BCUT2D eigenvalue weighted by atomic mass is 19.1. The summed E-state index contributed by atoms with van der Waals surface area (Å²) in [7, 11) is 0. The summed E-state index contributed by atoms with van der Waals surface area (Å²) in [6.07, 6.45) is 0.824. The van der Waals surface area contributed by atoms with Crippen LogP contribution in [0.2, 0.25) is 0 Å². The van der Waals surface area contributed by atoms with E-state index in [0.717, 1.165) is 11.1 Å². The maximum Gasteiger partial charge on any atom is 0.307 e. The molecule has 0 spiro atoms. The van der Waals surface area contributed by atoms with Crippen molar-refractivity contribution in [3.63, 3.8) is 0 Å². The summed E-state index contributed by atoms with van der Waals surface area (Å²) in [5.41, 5.74) is 2.48. The van der Waals surface area contributed by atoms with Crippen molar-refractivity contribution < 1.29 is 19.1 Å². The van der Waals surface area contributed by atoms with E-state index in [9.17, 15) is 19.1 Å². The lowest BCUT2D eigenvalue weighted by Crippen LogP contribution is -2.39. The molecule has 2 N–H and O–H groups in total. The molecule has 0 heterocycles. The van der Waals surface area contributed by atoms with Gasteiger partial charge in [0, 0.05) is 12.1 Å². The average Bonchev–Trinajstić information content (AvgIpc) is 2.48. The normalized spacial score (nSPS) is 21.6. The van der Waals surface area contributed by atoms with E-state index >= 15 is 0 Å². The van der Waals surface area contributed by atoms with E-state index in [-0.39, 0.29) is 18.3 Å². The highest BCUT2D eigenvalue weighted by Gasteiger charge is 2.37. The third kappa shape index (κ3) is 3.53. The molecule has 0 saturated heterocycles. The van der Waals surface area contributed by atoms with Gasteiger partial charge in [0.05, 0.1) is 11.8 Å². The summed E-state index contributed by atoms with van der Waals surface area (Å²) in [6.45, 7) is 3.89. The maximum atomic E-state index is 13.5. The van der Waals surface area contributed by atoms with Gasteiger partial charge in [-0.25, -0.2) is 4.39 Å². The third-order valence-electron chi connectivity index (χ3n) is 4.33. The molecule has 0 unspecified atom stereocenters. The quantitative estimate of drug-likeness (QED) is 0.841. The first kappa shape index (κ1) is 16.2. The Hall–Kier alpha value is -2.17. The third-order valence-corrected chi connectivity index (χ3v) is 4.33. The van der Waals surface area contributed by atoms with Crippen molar-refractivity contribution in [3.8, 4) is 0 Å². The van der Waals surface area contributed by atoms with E-state index in [1.54, 1.807) is 18.2 Å². The standard InChI is InChI=1S/C17H20FNO3/c1-10-7-13(14(17(21)22)8-11(10)2)16(20)19-9-12-5-3-4-6-15(12)18/h3-6,13-14H,7-9H2,1-2H3,(H,19,20)(H,21,22)/t13-,14-/m0/s1. The number of rotatable bonds is 4. The number of hydrogen-bond acceptors (Lipinski definition) is 2. The van der Waals surface area contributed by atoms with Crippen LogP contribution in [0.3, 0.4) is 0 Å². The molecule has 0 fully saturated rings. The second-order valence-electron chi connectivity index (χ2n) is 5.83. The van der Waals surface area contributed by atoms with Crippen molar-refractivity contribution in [1.29, 1.82) is 0 Å². The molecule has 0 saturated carbocycles. The molecule has 1 aliphatic rings. The van der Waals surface area contributed by atoms with Gasteiger partial charge >= 0.3 is 5.97 Å². The first-order valence-electron chi connectivity index (χ1n) is 7.29. The van der Waals surface area contributed by atoms with Gasteiger partial charge < -0.3 is 10.4 Å². The monoisotopic (exact) mass is 305 g/mol. The van der Waals surface area contributed by atoms with E-state index in [4.69, 9.17) is 0 Å². The summed E-state index contributed by atoms with van der Waals surface area (Å²) in [5.74, 6) is -2.99. The number of benzene rings is 1. The van der Waals surface area contributed by atoms with Crippen LogP contribution < -0.4 is 5.32 Å². The lowest BCUT2D eigenvalue weighted by atomic mass is 9.76. The molecule has 1 aliphatic carbocycles. The van der Waals surface area contributed by atoms with E-state index in [1.807, 2.05) is 13.8 Å². The highest BCUT2D eigenvalue weighted by Crippen LogP contribution is 2.34. The Morgan fingerprint density at radius 1 is 1.18 bits per heavy atom. The summed E-state index contributed by atoms with van der Waals surface area (Å²) in [5, 5.41) is 12.0. The van der Waals surface area contributed by atoms with Crippen LogP contribution in [0.1, 0.15) is 32.3 Å². The van der Waals surface area contributed by atoms with Crippen molar-refractivity contribution in [2.45, 2.75) is 33.2 Å². The zero-order valence-corrected chi connectivity index (χ0v) is 12.7. The Bertz CT molecular complexity index is 624. The lowest BCUT2D eigenvalue weighted by Gasteiger charge is -2.29. The minimum atomic E-state index is -0.960. The number of nitrogens with one attached hydrogen (secondary N) is 1. The fourth-order valence-electron chi connectivity index (χ4n) is 2.78. The molecule has 1 amide bonds. The fraction of sp³-hybridized carbons (Fsp3) is 0.412. The Labute approximate surface area is 129 Å². The van der Waals surface area contributed by atoms with Crippen LogP contribution in [-0.2, 0) is 16.1 Å². The summed E-state index contributed by atoms with van der Waals surface area (Å²) >= 11 is 0. The van der Waals surface area contributed by atoms with Crippen LogP contribution in [0.25, 0.3) is 0 Å².